The highest BCUT2D eigenvalue weighted by atomic mass is 16.5. The molecule has 0 amide bonds. The summed E-state index contributed by atoms with van der Waals surface area (Å²) < 4.78 is 6.14. The van der Waals surface area contributed by atoms with Gasteiger partial charge in [-0.25, -0.2) is 0 Å². The van der Waals surface area contributed by atoms with Gasteiger partial charge in [-0.2, -0.15) is 0 Å². The van der Waals surface area contributed by atoms with Crippen molar-refractivity contribution in [2.24, 2.45) is 5.73 Å². The molecule has 0 aliphatic heterocycles. The Bertz CT molecular complexity index is 628. The first-order valence-corrected chi connectivity index (χ1v) is 7.72. The van der Waals surface area contributed by atoms with Crippen molar-refractivity contribution in [3.8, 4) is 5.75 Å². The predicted molar refractivity (Wildman–Crippen MR) is 86.6 cm³/mol. The third-order valence-electron chi connectivity index (χ3n) is 4.53. The molecule has 2 N–H and O–H groups in total. The van der Waals surface area contributed by atoms with Crippen LogP contribution in [-0.2, 0) is 13.0 Å². The molecule has 0 spiro atoms. The molecule has 0 fully saturated rings. The Morgan fingerprint density at radius 3 is 2.57 bits per heavy atom. The van der Waals surface area contributed by atoms with Gasteiger partial charge in [-0.1, -0.05) is 30.3 Å². The van der Waals surface area contributed by atoms with Crippen LogP contribution in [0.3, 0.4) is 0 Å². The highest BCUT2D eigenvalue weighted by Crippen LogP contribution is 2.34. The van der Waals surface area contributed by atoms with Crippen molar-refractivity contribution >= 4 is 0 Å². The molecule has 0 bridgehead atoms. The number of ether oxygens (including phenoxy) is 1. The summed E-state index contributed by atoms with van der Waals surface area (Å²) in [5.74, 6) is 1.00. The van der Waals surface area contributed by atoms with Crippen molar-refractivity contribution in [2.75, 3.05) is 0 Å². The molecule has 110 valence electrons. The lowest BCUT2D eigenvalue weighted by atomic mass is 9.87. The Kier molecular flexibility index (Phi) is 3.98. The second kappa shape index (κ2) is 5.90. The number of hydrogen-bond donors (Lipinski definition) is 1. The maximum Gasteiger partial charge on any atom is 0.123 e. The zero-order valence-corrected chi connectivity index (χ0v) is 12.9. The van der Waals surface area contributed by atoms with Crippen LogP contribution in [0.1, 0.15) is 46.7 Å². The fourth-order valence-electron chi connectivity index (χ4n) is 3.21. The highest BCUT2D eigenvalue weighted by Gasteiger charge is 2.20. The molecular formula is C19H23NO. The van der Waals surface area contributed by atoms with Gasteiger partial charge in [0.25, 0.3) is 0 Å². The van der Waals surface area contributed by atoms with Crippen LogP contribution in [0.2, 0.25) is 0 Å². The zero-order valence-electron chi connectivity index (χ0n) is 12.9. The largest absolute Gasteiger partial charge is 0.489 e. The average molecular weight is 281 g/mol. The van der Waals surface area contributed by atoms with Crippen LogP contribution in [0.4, 0.5) is 0 Å². The fraction of sp³-hybridized carbons (Fsp3) is 0.368. The van der Waals surface area contributed by atoms with Crippen LogP contribution in [0, 0.1) is 13.8 Å². The standard InChI is InChI=1S/C19H23NO/c1-13-6-3-7-14(2)17(13)12-21-19-11-5-8-15-16(19)9-4-10-18(15)20/h3,5-8,11,18H,4,9-10,12,20H2,1-2H3. The Balaban J connectivity index is 1.85. The van der Waals surface area contributed by atoms with Gasteiger partial charge < -0.3 is 10.5 Å². The lowest BCUT2D eigenvalue weighted by molar-refractivity contribution is 0.299. The van der Waals surface area contributed by atoms with Crippen LogP contribution >= 0.6 is 0 Å². The van der Waals surface area contributed by atoms with Crippen molar-refractivity contribution in [2.45, 2.75) is 45.8 Å². The SMILES string of the molecule is Cc1cccc(C)c1COc1cccc2c1CCCC2N. The van der Waals surface area contributed by atoms with Crippen molar-refractivity contribution < 1.29 is 4.74 Å². The van der Waals surface area contributed by atoms with Gasteiger partial charge in [0, 0.05) is 6.04 Å². The third-order valence-corrected chi connectivity index (χ3v) is 4.53. The fourth-order valence-corrected chi connectivity index (χ4v) is 3.21. The molecule has 2 aromatic rings. The molecule has 2 nitrogen and oxygen atoms in total. The topological polar surface area (TPSA) is 35.2 Å². The van der Waals surface area contributed by atoms with E-state index in [-0.39, 0.29) is 6.04 Å². The number of rotatable bonds is 3. The van der Waals surface area contributed by atoms with E-state index >= 15 is 0 Å². The summed E-state index contributed by atoms with van der Waals surface area (Å²) in [7, 11) is 0. The summed E-state index contributed by atoms with van der Waals surface area (Å²) in [5.41, 5.74) is 12.7. The second-order valence-corrected chi connectivity index (χ2v) is 5.98. The van der Waals surface area contributed by atoms with E-state index in [1.165, 1.54) is 27.8 Å². The molecular weight excluding hydrogens is 258 g/mol. The van der Waals surface area contributed by atoms with Gasteiger partial charge in [-0.3, -0.25) is 0 Å². The van der Waals surface area contributed by atoms with Gasteiger partial charge in [0.05, 0.1) is 0 Å². The molecule has 1 aliphatic rings. The number of nitrogens with two attached hydrogens (primary N) is 1. The molecule has 0 aromatic heterocycles. The van der Waals surface area contributed by atoms with E-state index in [2.05, 4.69) is 50.2 Å². The van der Waals surface area contributed by atoms with E-state index in [1.54, 1.807) is 0 Å². The highest BCUT2D eigenvalue weighted by molar-refractivity contribution is 5.43. The molecule has 21 heavy (non-hydrogen) atoms. The Morgan fingerprint density at radius 2 is 1.81 bits per heavy atom. The summed E-state index contributed by atoms with van der Waals surface area (Å²) in [6.45, 7) is 4.91. The van der Waals surface area contributed by atoms with Gasteiger partial charge in [-0.05, 0) is 67.0 Å². The minimum absolute atomic E-state index is 0.164. The number of aryl methyl sites for hydroxylation is 2. The van der Waals surface area contributed by atoms with E-state index in [9.17, 15) is 0 Å². The Labute approximate surface area is 126 Å². The van der Waals surface area contributed by atoms with Crippen molar-refractivity contribution in [3.05, 3.63) is 64.2 Å². The molecule has 0 heterocycles. The van der Waals surface area contributed by atoms with Crippen LogP contribution in [-0.4, -0.2) is 0 Å². The molecule has 0 saturated carbocycles. The lowest BCUT2D eigenvalue weighted by Gasteiger charge is -2.24. The summed E-state index contributed by atoms with van der Waals surface area (Å²) in [5, 5.41) is 0. The first-order valence-electron chi connectivity index (χ1n) is 7.72. The van der Waals surface area contributed by atoms with Crippen molar-refractivity contribution in [3.63, 3.8) is 0 Å². The minimum Gasteiger partial charge on any atom is -0.489 e. The number of benzene rings is 2. The Morgan fingerprint density at radius 1 is 1.10 bits per heavy atom. The third kappa shape index (κ3) is 2.81. The summed E-state index contributed by atoms with van der Waals surface area (Å²) in [6.07, 6.45) is 3.30. The maximum atomic E-state index is 6.22. The van der Waals surface area contributed by atoms with Crippen LogP contribution in [0.5, 0.6) is 5.75 Å². The molecule has 0 radical (unpaired) electrons. The molecule has 2 aromatic carbocycles. The van der Waals surface area contributed by atoms with Gasteiger partial charge in [-0.15, -0.1) is 0 Å². The number of fused-ring (bicyclic) bond motifs is 1. The average Bonchev–Trinajstić information content (AvgIpc) is 2.47. The zero-order chi connectivity index (χ0) is 14.8. The number of hydrogen-bond acceptors (Lipinski definition) is 2. The van der Waals surface area contributed by atoms with E-state index < -0.39 is 0 Å². The second-order valence-electron chi connectivity index (χ2n) is 5.98. The van der Waals surface area contributed by atoms with Gasteiger partial charge >= 0.3 is 0 Å². The van der Waals surface area contributed by atoms with E-state index in [4.69, 9.17) is 10.5 Å². The smallest absolute Gasteiger partial charge is 0.123 e. The van der Waals surface area contributed by atoms with Crippen LogP contribution < -0.4 is 10.5 Å². The van der Waals surface area contributed by atoms with Gasteiger partial charge in [0.15, 0.2) is 0 Å². The Hall–Kier alpha value is -1.80. The quantitative estimate of drug-likeness (QED) is 0.914. The molecule has 1 unspecified atom stereocenters. The lowest BCUT2D eigenvalue weighted by Crippen LogP contribution is -2.18. The van der Waals surface area contributed by atoms with Gasteiger partial charge in [0.1, 0.15) is 12.4 Å². The normalized spacial score (nSPS) is 17.4. The van der Waals surface area contributed by atoms with E-state index in [0.717, 1.165) is 25.0 Å². The van der Waals surface area contributed by atoms with Crippen molar-refractivity contribution in [1.82, 2.24) is 0 Å². The van der Waals surface area contributed by atoms with Crippen LogP contribution in [0.25, 0.3) is 0 Å². The molecule has 1 atom stereocenters. The monoisotopic (exact) mass is 281 g/mol. The molecule has 2 heteroatoms. The minimum atomic E-state index is 0.164. The molecule has 1 aliphatic carbocycles. The molecule has 3 rings (SSSR count). The summed E-state index contributed by atoms with van der Waals surface area (Å²) in [6, 6.07) is 12.8. The van der Waals surface area contributed by atoms with Crippen LogP contribution in [0.15, 0.2) is 36.4 Å². The first-order chi connectivity index (χ1) is 10.2. The van der Waals surface area contributed by atoms with Crippen molar-refractivity contribution in [1.29, 1.82) is 0 Å². The predicted octanol–water partition coefficient (Wildman–Crippen LogP) is 4.22. The molecule has 0 saturated heterocycles. The summed E-state index contributed by atoms with van der Waals surface area (Å²) in [4.78, 5) is 0. The first kappa shape index (κ1) is 14.2. The van der Waals surface area contributed by atoms with E-state index in [0.29, 0.717) is 6.61 Å². The summed E-state index contributed by atoms with van der Waals surface area (Å²) >= 11 is 0. The van der Waals surface area contributed by atoms with E-state index in [1.807, 2.05) is 0 Å². The van der Waals surface area contributed by atoms with Gasteiger partial charge in [0.2, 0.25) is 0 Å². The maximum absolute atomic E-state index is 6.22.